The first kappa shape index (κ1) is 82.8. The Kier molecular flexibility index (Phi) is 72.4. The summed E-state index contributed by atoms with van der Waals surface area (Å²) in [6, 6.07) is -0.627. The Morgan fingerprint density at radius 3 is 0.906 bits per heavy atom. The van der Waals surface area contributed by atoms with E-state index in [0.29, 0.717) is 19.4 Å². The lowest BCUT2D eigenvalue weighted by Gasteiger charge is -2.20. The Bertz CT molecular complexity index is 1420. The largest absolute Gasteiger partial charge is 0.466 e. The second-order valence-corrected chi connectivity index (χ2v) is 26.3. The SMILES string of the molecule is CCCCCCCC/C=C\CCCCCCCC(=O)OCCCCCCCCCCCCC/C=C\C/C=C\CCCCCCCCCCCCCCCCCCCC(=O)NC(CO)C(O)/C=C/CCCCCCCCCCCCCCCCCC. The van der Waals surface area contributed by atoms with E-state index in [2.05, 4.69) is 55.6 Å². The number of carbonyl (C=O) groups is 2. The normalized spacial score (nSPS) is 12.8. The van der Waals surface area contributed by atoms with Crippen molar-refractivity contribution >= 4 is 11.9 Å². The molecule has 0 aromatic carbocycles. The summed E-state index contributed by atoms with van der Waals surface area (Å²) in [5, 5.41) is 23.2. The summed E-state index contributed by atoms with van der Waals surface area (Å²) in [6.45, 7) is 4.93. The highest BCUT2D eigenvalue weighted by molar-refractivity contribution is 5.76. The van der Waals surface area contributed by atoms with Gasteiger partial charge in [-0.2, -0.15) is 0 Å². The molecule has 3 N–H and O–H groups in total. The number of carbonyl (C=O) groups excluding carboxylic acids is 2. The van der Waals surface area contributed by atoms with Crippen LogP contribution in [-0.4, -0.2) is 47.4 Å². The molecule has 0 bridgehead atoms. The molecule has 0 saturated heterocycles. The van der Waals surface area contributed by atoms with Crippen molar-refractivity contribution < 1.29 is 24.5 Å². The predicted molar refractivity (Wildman–Crippen MR) is 375 cm³/mol. The first-order chi connectivity index (χ1) is 42.0. The molecule has 85 heavy (non-hydrogen) atoms. The molecule has 6 nitrogen and oxygen atoms in total. The predicted octanol–water partition coefficient (Wildman–Crippen LogP) is 25.2. The fraction of sp³-hybridized carbons (Fsp3) is 0.873. The molecular formula is C79H149NO5. The lowest BCUT2D eigenvalue weighted by Crippen LogP contribution is -2.45. The van der Waals surface area contributed by atoms with Crippen molar-refractivity contribution in [3.05, 3.63) is 48.6 Å². The lowest BCUT2D eigenvalue weighted by molar-refractivity contribution is -0.143. The fourth-order valence-electron chi connectivity index (χ4n) is 12.0. The van der Waals surface area contributed by atoms with Crippen LogP contribution in [0.5, 0.6) is 0 Å². The molecule has 0 aliphatic rings. The highest BCUT2D eigenvalue weighted by Crippen LogP contribution is 2.19. The number of ether oxygens (including phenoxy) is 1. The zero-order valence-electron chi connectivity index (χ0n) is 57.4. The molecule has 0 rings (SSSR count). The maximum atomic E-state index is 12.5. The van der Waals surface area contributed by atoms with E-state index in [1.165, 1.54) is 340 Å². The van der Waals surface area contributed by atoms with Crippen LogP contribution in [0.25, 0.3) is 0 Å². The molecule has 2 atom stereocenters. The summed E-state index contributed by atoms with van der Waals surface area (Å²) in [7, 11) is 0. The van der Waals surface area contributed by atoms with Gasteiger partial charge in [-0.3, -0.25) is 9.59 Å². The minimum absolute atomic E-state index is 0.00894. The first-order valence-electron chi connectivity index (χ1n) is 38.4. The number of rotatable bonds is 72. The lowest BCUT2D eigenvalue weighted by atomic mass is 10.0. The van der Waals surface area contributed by atoms with Crippen LogP contribution in [0, 0.1) is 0 Å². The van der Waals surface area contributed by atoms with E-state index >= 15 is 0 Å². The quantitative estimate of drug-likeness (QED) is 0.0320. The zero-order chi connectivity index (χ0) is 61.3. The molecule has 0 aliphatic carbocycles. The van der Waals surface area contributed by atoms with Crippen molar-refractivity contribution in [2.75, 3.05) is 13.2 Å². The Hall–Kier alpha value is -2.18. The smallest absolute Gasteiger partial charge is 0.305 e. The summed E-state index contributed by atoms with van der Waals surface area (Å²) in [6.07, 6.45) is 97.9. The Morgan fingerprint density at radius 1 is 0.329 bits per heavy atom. The number of allylic oxidation sites excluding steroid dienone is 7. The van der Waals surface area contributed by atoms with Crippen LogP contribution >= 0.6 is 0 Å². The number of aliphatic hydroxyl groups is 2. The van der Waals surface area contributed by atoms with Crippen molar-refractivity contribution in [1.82, 2.24) is 5.32 Å². The van der Waals surface area contributed by atoms with E-state index in [1.54, 1.807) is 6.08 Å². The maximum absolute atomic E-state index is 12.5. The van der Waals surface area contributed by atoms with Crippen LogP contribution in [-0.2, 0) is 14.3 Å². The van der Waals surface area contributed by atoms with Crippen LogP contribution in [0.4, 0.5) is 0 Å². The molecule has 0 aromatic heterocycles. The van der Waals surface area contributed by atoms with Crippen molar-refractivity contribution in [1.29, 1.82) is 0 Å². The summed E-state index contributed by atoms with van der Waals surface area (Å²) in [4.78, 5) is 24.6. The molecule has 0 fully saturated rings. The van der Waals surface area contributed by atoms with Gasteiger partial charge in [0.2, 0.25) is 5.91 Å². The van der Waals surface area contributed by atoms with Crippen molar-refractivity contribution in [3.8, 4) is 0 Å². The molecular weight excluding hydrogens is 1040 g/mol. The Labute approximate surface area is 531 Å². The molecule has 6 heteroatoms. The fourth-order valence-corrected chi connectivity index (χ4v) is 12.0. The van der Waals surface area contributed by atoms with Crippen LogP contribution in [0.3, 0.4) is 0 Å². The van der Waals surface area contributed by atoms with E-state index in [-0.39, 0.29) is 18.5 Å². The van der Waals surface area contributed by atoms with Crippen LogP contribution in [0.2, 0.25) is 0 Å². The van der Waals surface area contributed by atoms with Gasteiger partial charge in [0.1, 0.15) is 0 Å². The van der Waals surface area contributed by atoms with Crippen LogP contribution < -0.4 is 5.32 Å². The van der Waals surface area contributed by atoms with E-state index in [4.69, 9.17) is 4.74 Å². The number of nitrogens with one attached hydrogen (secondary N) is 1. The topological polar surface area (TPSA) is 95.9 Å². The average Bonchev–Trinajstić information content (AvgIpc) is 3.51. The van der Waals surface area contributed by atoms with Crippen molar-refractivity contribution in [2.45, 2.75) is 431 Å². The zero-order valence-corrected chi connectivity index (χ0v) is 57.4. The molecule has 500 valence electrons. The van der Waals surface area contributed by atoms with Gasteiger partial charge < -0.3 is 20.3 Å². The molecule has 0 heterocycles. The molecule has 2 unspecified atom stereocenters. The summed E-state index contributed by atoms with van der Waals surface area (Å²) in [5.74, 6) is -0.0535. The highest BCUT2D eigenvalue weighted by atomic mass is 16.5. The standard InChI is InChI=1S/C79H149NO5/c1-3-5-7-9-11-13-15-17-19-20-40-44-47-51-55-59-63-67-71-77(82)76(75-81)80-78(83)72-68-64-60-56-52-48-45-41-38-36-34-32-30-28-26-24-22-21-23-25-27-29-31-33-35-37-39-42-46-50-54-58-62-66-70-74-85-79(84)73-69-65-61-57-53-49-43-18-16-14-12-10-8-6-4-2/h18,23,25,29,31,43,67,71,76-77,81-82H,3-17,19-22,24,26-28,30,32-42,44-66,68-70,72-75H2,1-2H3,(H,80,83)/b25-23-,31-29-,43-18-,71-67+. The maximum Gasteiger partial charge on any atom is 0.305 e. The Morgan fingerprint density at radius 2 is 0.588 bits per heavy atom. The number of amides is 1. The molecule has 0 aromatic rings. The van der Waals surface area contributed by atoms with E-state index in [0.717, 1.165) is 51.4 Å². The first-order valence-corrected chi connectivity index (χ1v) is 38.4. The van der Waals surface area contributed by atoms with Crippen LogP contribution in [0.15, 0.2) is 48.6 Å². The number of unbranched alkanes of at least 4 members (excludes halogenated alkanes) is 55. The molecule has 1 amide bonds. The highest BCUT2D eigenvalue weighted by Gasteiger charge is 2.18. The van der Waals surface area contributed by atoms with E-state index in [9.17, 15) is 19.8 Å². The summed E-state index contributed by atoms with van der Waals surface area (Å²) in [5.41, 5.74) is 0. The molecule has 0 radical (unpaired) electrons. The van der Waals surface area contributed by atoms with E-state index < -0.39 is 12.1 Å². The monoisotopic (exact) mass is 1190 g/mol. The second-order valence-electron chi connectivity index (χ2n) is 26.3. The van der Waals surface area contributed by atoms with Gasteiger partial charge in [-0.1, -0.05) is 364 Å². The van der Waals surface area contributed by atoms with Crippen LogP contribution in [0.1, 0.15) is 418 Å². The molecule has 0 aliphatic heterocycles. The third-order valence-electron chi connectivity index (χ3n) is 17.8. The minimum Gasteiger partial charge on any atom is -0.466 e. The van der Waals surface area contributed by atoms with Gasteiger partial charge in [-0.05, 0) is 89.9 Å². The average molecular weight is 1190 g/mol. The number of hydrogen-bond acceptors (Lipinski definition) is 5. The van der Waals surface area contributed by atoms with Gasteiger partial charge in [0, 0.05) is 12.8 Å². The van der Waals surface area contributed by atoms with Crippen molar-refractivity contribution in [2.24, 2.45) is 0 Å². The van der Waals surface area contributed by atoms with E-state index in [1.807, 2.05) is 6.08 Å². The van der Waals surface area contributed by atoms with Crippen molar-refractivity contribution in [3.63, 3.8) is 0 Å². The van der Waals surface area contributed by atoms with Gasteiger partial charge in [-0.25, -0.2) is 0 Å². The molecule has 0 spiro atoms. The third-order valence-corrected chi connectivity index (χ3v) is 17.8. The second kappa shape index (κ2) is 74.3. The summed E-state index contributed by atoms with van der Waals surface area (Å²) < 4.78 is 5.49. The van der Waals surface area contributed by atoms with Gasteiger partial charge in [0.25, 0.3) is 0 Å². The third kappa shape index (κ3) is 70.8. The van der Waals surface area contributed by atoms with Gasteiger partial charge in [0.15, 0.2) is 0 Å². The number of esters is 1. The number of aliphatic hydroxyl groups excluding tert-OH is 2. The number of hydrogen-bond donors (Lipinski definition) is 3. The Balaban J connectivity index is 3.39. The summed E-state index contributed by atoms with van der Waals surface area (Å²) >= 11 is 0. The van der Waals surface area contributed by atoms with Gasteiger partial charge in [-0.15, -0.1) is 0 Å². The molecule has 0 saturated carbocycles. The minimum atomic E-state index is -0.844. The van der Waals surface area contributed by atoms with Gasteiger partial charge in [0.05, 0.1) is 25.4 Å². The van der Waals surface area contributed by atoms with Gasteiger partial charge >= 0.3 is 5.97 Å².